The van der Waals surface area contributed by atoms with Gasteiger partial charge in [0.05, 0.1) is 6.10 Å². The number of aliphatic hydroxyl groups excluding tert-OH is 1. The maximum atomic E-state index is 12.4. The molecule has 0 amide bonds. The van der Waals surface area contributed by atoms with Gasteiger partial charge in [-0.25, -0.2) is 0 Å². The van der Waals surface area contributed by atoms with E-state index in [9.17, 15) is 14.7 Å². The molecule has 0 saturated heterocycles. The van der Waals surface area contributed by atoms with Gasteiger partial charge in [0.1, 0.15) is 5.78 Å². The van der Waals surface area contributed by atoms with Crippen LogP contribution in [0.5, 0.6) is 0 Å². The molecule has 0 spiro atoms. The van der Waals surface area contributed by atoms with Crippen molar-refractivity contribution in [2.24, 2.45) is 11.3 Å². The number of aliphatic carboxylic acids is 1. The summed E-state index contributed by atoms with van der Waals surface area (Å²) in [4.78, 5) is 23.0. The summed E-state index contributed by atoms with van der Waals surface area (Å²) in [5.74, 6) is -0.188. The smallest absolute Gasteiger partial charge is 0.303 e. The fraction of sp³-hybridized carbons (Fsp3) is 0.615. The first-order chi connectivity index (χ1) is 14.5. The lowest BCUT2D eigenvalue weighted by atomic mass is 9.61. The van der Waals surface area contributed by atoms with E-state index in [0.29, 0.717) is 18.6 Å². The quantitative estimate of drug-likeness (QED) is 0.348. The fourth-order valence-electron chi connectivity index (χ4n) is 5.40. The highest BCUT2D eigenvalue weighted by Crippen LogP contribution is 2.53. The Balaban J connectivity index is 1.61. The van der Waals surface area contributed by atoms with Gasteiger partial charge in [0.15, 0.2) is 0 Å². The fourth-order valence-corrected chi connectivity index (χ4v) is 5.40. The van der Waals surface area contributed by atoms with Crippen LogP contribution in [0.2, 0.25) is 0 Å². The van der Waals surface area contributed by atoms with Gasteiger partial charge < -0.3 is 10.2 Å². The highest BCUT2D eigenvalue weighted by atomic mass is 16.4. The van der Waals surface area contributed by atoms with Gasteiger partial charge in [-0.3, -0.25) is 9.59 Å². The van der Waals surface area contributed by atoms with Crippen molar-refractivity contribution in [3.05, 3.63) is 47.5 Å². The number of Topliss-reactive ketones (excluding diaryl/α,β-unsaturated/α-hetero) is 1. The van der Waals surface area contributed by atoms with Gasteiger partial charge in [-0.15, -0.1) is 0 Å². The summed E-state index contributed by atoms with van der Waals surface area (Å²) in [6.07, 6.45) is 13.1. The first-order valence-electron chi connectivity index (χ1n) is 11.6. The maximum Gasteiger partial charge on any atom is 0.303 e. The molecule has 0 aliphatic heterocycles. The molecule has 0 bridgehead atoms. The Morgan fingerprint density at radius 2 is 1.97 bits per heavy atom. The molecule has 2 fully saturated rings. The van der Waals surface area contributed by atoms with E-state index in [4.69, 9.17) is 5.11 Å². The maximum absolute atomic E-state index is 12.4. The second kappa shape index (κ2) is 10.4. The zero-order valence-electron chi connectivity index (χ0n) is 18.2. The number of carbonyl (C=O) groups is 2. The molecule has 4 heteroatoms. The van der Waals surface area contributed by atoms with Gasteiger partial charge >= 0.3 is 5.97 Å². The number of carboxylic acid groups (broad SMARTS) is 1. The first-order valence-corrected chi connectivity index (χ1v) is 11.6. The normalized spacial score (nSPS) is 24.1. The third kappa shape index (κ3) is 5.21. The van der Waals surface area contributed by atoms with Gasteiger partial charge in [0.2, 0.25) is 0 Å². The Morgan fingerprint density at radius 1 is 1.23 bits per heavy atom. The van der Waals surface area contributed by atoms with Crippen molar-refractivity contribution in [2.75, 3.05) is 0 Å². The van der Waals surface area contributed by atoms with Crippen molar-refractivity contribution >= 4 is 11.8 Å². The highest BCUT2D eigenvalue weighted by Gasteiger charge is 2.43. The van der Waals surface area contributed by atoms with E-state index in [0.717, 1.165) is 50.5 Å². The van der Waals surface area contributed by atoms with E-state index >= 15 is 0 Å². The predicted octanol–water partition coefficient (Wildman–Crippen LogP) is 5.95. The molecule has 4 nitrogen and oxygen atoms in total. The molecule has 3 rings (SSSR count). The van der Waals surface area contributed by atoms with Crippen LogP contribution >= 0.6 is 0 Å². The zero-order chi connectivity index (χ0) is 21.6. The van der Waals surface area contributed by atoms with E-state index in [1.54, 1.807) is 0 Å². The van der Waals surface area contributed by atoms with Crippen LogP contribution in [0.1, 0.15) is 101 Å². The Labute approximate surface area is 180 Å². The van der Waals surface area contributed by atoms with Crippen LogP contribution in [0.25, 0.3) is 0 Å². The van der Waals surface area contributed by atoms with E-state index in [2.05, 4.69) is 31.2 Å². The number of ketones is 1. The Hall–Kier alpha value is -1.94. The second-order valence-electron chi connectivity index (χ2n) is 9.25. The van der Waals surface area contributed by atoms with Crippen molar-refractivity contribution in [1.29, 1.82) is 0 Å². The summed E-state index contributed by atoms with van der Waals surface area (Å²) in [6, 6.07) is 8.36. The molecule has 30 heavy (non-hydrogen) atoms. The Morgan fingerprint density at radius 3 is 2.57 bits per heavy atom. The van der Waals surface area contributed by atoms with Gasteiger partial charge in [0.25, 0.3) is 0 Å². The molecule has 2 N–H and O–H groups in total. The van der Waals surface area contributed by atoms with Crippen molar-refractivity contribution in [3.63, 3.8) is 0 Å². The van der Waals surface area contributed by atoms with Crippen molar-refractivity contribution in [2.45, 2.75) is 89.6 Å². The number of carbonyl (C=O) groups excluding carboxylic acids is 1. The Bertz CT molecular complexity index is 745. The van der Waals surface area contributed by atoms with Crippen molar-refractivity contribution in [3.8, 4) is 0 Å². The number of aliphatic hydroxyl groups is 1. The number of carboxylic acids is 1. The van der Waals surface area contributed by atoms with E-state index < -0.39 is 12.1 Å². The SMILES string of the molecule is CCCC1([C@@H](O)c2ccc([C@H]3CCC(=O)[C@@H]3CC=CCCCC(=O)O)cc2)CCC1. The molecular weight excluding hydrogens is 376 g/mol. The molecule has 1 aromatic carbocycles. The van der Waals surface area contributed by atoms with Gasteiger partial charge in [0, 0.05) is 24.2 Å². The molecule has 0 aromatic heterocycles. The van der Waals surface area contributed by atoms with Crippen LogP contribution in [0.3, 0.4) is 0 Å². The minimum atomic E-state index is -0.763. The summed E-state index contributed by atoms with van der Waals surface area (Å²) in [7, 11) is 0. The van der Waals surface area contributed by atoms with E-state index in [1.165, 1.54) is 12.0 Å². The lowest BCUT2D eigenvalue weighted by molar-refractivity contribution is -0.137. The van der Waals surface area contributed by atoms with E-state index in [-0.39, 0.29) is 23.7 Å². The molecular formula is C26H36O4. The third-order valence-electron chi connectivity index (χ3n) is 7.28. The average Bonchev–Trinajstić information content (AvgIpc) is 3.07. The molecule has 0 heterocycles. The highest BCUT2D eigenvalue weighted by molar-refractivity contribution is 5.84. The summed E-state index contributed by atoms with van der Waals surface area (Å²) >= 11 is 0. The topological polar surface area (TPSA) is 74.6 Å². The summed E-state index contributed by atoms with van der Waals surface area (Å²) in [5, 5.41) is 19.7. The molecule has 2 saturated carbocycles. The molecule has 2 aliphatic carbocycles. The lowest BCUT2D eigenvalue weighted by Gasteiger charge is -2.46. The zero-order valence-corrected chi connectivity index (χ0v) is 18.2. The van der Waals surface area contributed by atoms with Crippen LogP contribution in [0, 0.1) is 11.3 Å². The molecule has 0 radical (unpaired) electrons. The molecule has 0 unspecified atom stereocenters. The number of unbranched alkanes of at least 4 members (excludes halogenated alkanes) is 1. The van der Waals surface area contributed by atoms with Gasteiger partial charge in [-0.1, -0.05) is 56.2 Å². The second-order valence-corrected chi connectivity index (χ2v) is 9.25. The standard InChI is InChI=1S/C26H36O4/c1-2-16-26(17-7-18-26)25(30)20-12-10-19(11-13-20)21-14-15-23(27)22(21)8-5-3-4-6-9-24(28)29/h3,5,10-13,21-22,25,30H,2,4,6-9,14-18H2,1H3,(H,28,29)/t21-,22-,25+/m1/s1. The number of rotatable bonds is 11. The van der Waals surface area contributed by atoms with Crippen LogP contribution < -0.4 is 0 Å². The lowest BCUT2D eigenvalue weighted by Crippen LogP contribution is -2.36. The number of allylic oxidation sites excluding steroid dienone is 2. The van der Waals surface area contributed by atoms with Crippen LogP contribution in [0.15, 0.2) is 36.4 Å². The first kappa shape index (κ1) is 22.7. The van der Waals surface area contributed by atoms with Crippen molar-refractivity contribution in [1.82, 2.24) is 0 Å². The third-order valence-corrected chi connectivity index (χ3v) is 7.28. The Kier molecular flexibility index (Phi) is 7.87. The summed E-state index contributed by atoms with van der Waals surface area (Å²) < 4.78 is 0. The monoisotopic (exact) mass is 412 g/mol. The largest absolute Gasteiger partial charge is 0.481 e. The molecule has 1 aromatic rings. The molecule has 2 aliphatic rings. The van der Waals surface area contributed by atoms with Crippen LogP contribution in [0.4, 0.5) is 0 Å². The van der Waals surface area contributed by atoms with Crippen LogP contribution in [-0.4, -0.2) is 22.0 Å². The van der Waals surface area contributed by atoms with Gasteiger partial charge in [-0.05, 0) is 62.0 Å². The number of benzene rings is 1. The average molecular weight is 413 g/mol. The van der Waals surface area contributed by atoms with E-state index in [1.807, 2.05) is 12.2 Å². The van der Waals surface area contributed by atoms with Crippen molar-refractivity contribution < 1.29 is 19.8 Å². The summed E-state index contributed by atoms with van der Waals surface area (Å²) in [5.41, 5.74) is 2.26. The number of hydrogen-bond donors (Lipinski definition) is 2. The predicted molar refractivity (Wildman–Crippen MR) is 118 cm³/mol. The van der Waals surface area contributed by atoms with Crippen LogP contribution in [-0.2, 0) is 9.59 Å². The molecule has 3 atom stereocenters. The minimum absolute atomic E-state index is 0.00885. The van der Waals surface area contributed by atoms with Gasteiger partial charge in [-0.2, -0.15) is 0 Å². The summed E-state index contributed by atoms with van der Waals surface area (Å²) in [6.45, 7) is 2.19. The number of hydrogen-bond acceptors (Lipinski definition) is 3. The molecule has 164 valence electrons. The minimum Gasteiger partial charge on any atom is -0.481 e.